The van der Waals surface area contributed by atoms with Gasteiger partial charge in [0.25, 0.3) is 5.91 Å². The first kappa shape index (κ1) is 17.4. The van der Waals surface area contributed by atoms with Crippen molar-refractivity contribution < 1.29 is 19.0 Å². The summed E-state index contributed by atoms with van der Waals surface area (Å²) in [4.78, 5) is 12.7. The van der Waals surface area contributed by atoms with Crippen LogP contribution >= 0.6 is 0 Å². The minimum atomic E-state index is -0.443. The number of carbonyl (C=O) groups is 1. The number of aromatic nitrogens is 2. The lowest BCUT2D eigenvalue weighted by Gasteiger charge is -2.38. The number of aryl methyl sites for hydroxylation is 1. The number of nitrogens with one attached hydrogen (secondary N) is 2. The number of nitrogens with zero attached hydrogens (tertiary/aromatic N) is 1. The summed E-state index contributed by atoms with van der Waals surface area (Å²) < 4.78 is 19.1. The fourth-order valence-electron chi connectivity index (χ4n) is 3.30. The molecule has 7 heteroatoms. The molecule has 1 saturated carbocycles. The van der Waals surface area contributed by atoms with Crippen molar-refractivity contribution in [2.24, 2.45) is 5.92 Å². The average molecular weight is 347 g/mol. The van der Waals surface area contributed by atoms with Gasteiger partial charge in [-0.25, -0.2) is 4.39 Å². The summed E-state index contributed by atoms with van der Waals surface area (Å²) in [6.07, 6.45) is 2.86. The van der Waals surface area contributed by atoms with Crippen LogP contribution in [0.1, 0.15) is 47.4 Å². The SMILES string of the molecule is CCc1[nH]ncc1C(=O)N[C@H](c1cc(F)ccc1OC)C1CC(O)C1. The third-order valence-corrected chi connectivity index (χ3v) is 4.75. The number of benzene rings is 1. The number of rotatable bonds is 6. The van der Waals surface area contributed by atoms with Crippen LogP contribution in [0.3, 0.4) is 0 Å². The molecule has 0 spiro atoms. The minimum Gasteiger partial charge on any atom is -0.496 e. The van der Waals surface area contributed by atoms with Gasteiger partial charge in [-0.2, -0.15) is 5.10 Å². The van der Waals surface area contributed by atoms with Gasteiger partial charge in [-0.1, -0.05) is 6.92 Å². The molecule has 1 aromatic heterocycles. The molecule has 1 atom stereocenters. The van der Waals surface area contributed by atoms with E-state index < -0.39 is 11.9 Å². The number of H-pyrrole nitrogens is 1. The van der Waals surface area contributed by atoms with E-state index in [0.29, 0.717) is 36.1 Å². The summed E-state index contributed by atoms with van der Waals surface area (Å²) >= 11 is 0. The molecule has 0 radical (unpaired) electrons. The van der Waals surface area contributed by atoms with E-state index in [1.54, 1.807) is 6.07 Å². The van der Waals surface area contributed by atoms with E-state index in [-0.39, 0.29) is 17.9 Å². The number of hydrogen-bond acceptors (Lipinski definition) is 4. The predicted octanol–water partition coefficient (Wildman–Crippen LogP) is 2.36. The fourth-order valence-corrected chi connectivity index (χ4v) is 3.30. The molecule has 0 saturated heterocycles. The van der Waals surface area contributed by atoms with Crippen LogP contribution < -0.4 is 10.1 Å². The Hall–Kier alpha value is -2.41. The average Bonchev–Trinajstić information content (AvgIpc) is 3.06. The van der Waals surface area contributed by atoms with Crippen molar-refractivity contribution in [2.45, 2.75) is 38.3 Å². The van der Waals surface area contributed by atoms with Crippen LogP contribution in [0.5, 0.6) is 5.75 Å². The van der Waals surface area contributed by atoms with Gasteiger partial charge in [-0.15, -0.1) is 0 Å². The Labute approximate surface area is 145 Å². The van der Waals surface area contributed by atoms with E-state index in [1.165, 1.54) is 25.4 Å². The van der Waals surface area contributed by atoms with Gasteiger partial charge in [0.1, 0.15) is 11.6 Å². The molecule has 6 nitrogen and oxygen atoms in total. The predicted molar refractivity (Wildman–Crippen MR) is 89.9 cm³/mol. The highest BCUT2D eigenvalue weighted by molar-refractivity contribution is 5.95. The maximum absolute atomic E-state index is 13.8. The van der Waals surface area contributed by atoms with E-state index in [1.807, 2.05) is 6.92 Å². The van der Waals surface area contributed by atoms with E-state index in [2.05, 4.69) is 15.5 Å². The molecule has 0 bridgehead atoms. The van der Waals surface area contributed by atoms with E-state index in [9.17, 15) is 14.3 Å². The van der Waals surface area contributed by atoms with Crippen molar-refractivity contribution in [3.8, 4) is 5.75 Å². The number of aromatic amines is 1. The van der Waals surface area contributed by atoms with Gasteiger partial charge in [0, 0.05) is 11.3 Å². The number of ether oxygens (including phenoxy) is 1. The largest absolute Gasteiger partial charge is 0.496 e. The quantitative estimate of drug-likeness (QED) is 0.749. The molecule has 1 aliphatic carbocycles. The highest BCUT2D eigenvalue weighted by Gasteiger charge is 2.37. The molecule has 1 fully saturated rings. The molecular weight excluding hydrogens is 325 g/mol. The molecule has 0 unspecified atom stereocenters. The monoisotopic (exact) mass is 347 g/mol. The molecule has 2 aromatic rings. The van der Waals surface area contributed by atoms with E-state index >= 15 is 0 Å². The number of hydrogen-bond donors (Lipinski definition) is 3. The van der Waals surface area contributed by atoms with Gasteiger partial charge in [0.05, 0.1) is 31.0 Å². The Balaban J connectivity index is 1.91. The highest BCUT2D eigenvalue weighted by atomic mass is 19.1. The summed E-state index contributed by atoms with van der Waals surface area (Å²) in [6, 6.07) is 3.81. The maximum Gasteiger partial charge on any atom is 0.255 e. The summed E-state index contributed by atoms with van der Waals surface area (Å²) in [5.41, 5.74) is 1.80. The summed E-state index contributed by atoms with van der Waals surface area (Å²) in [5.74, 6) is -0.140. The number of methoxy groups -OCH3 is 1. The number of halogens is 1. The van der Waals surface area contributed by atoms with Crippen molar-refractivity contribution in [3.63, 3.8) is 0 Å². The molecule has 1 amide bonds. The molecular formula is C18H22FN3O3. The zero-order chi connectivity index (χ0) is 18.0. The van der Waals surface area contributed by atoms with Crippen LogP contribution in [0, 0.1) is 11.7 Å². The van der Waals surface area contributed by atoms with Gasteiger partial charge in [0.2, 0.25) is 0 Å². The molecule has 1 aromatic carbocycles. The van der Waals surface area contributed by atoms with Gasteiger partial charge < -0.3 is 15.2 Å². The van der Waals surface area contributed by atoms with Crippen molar-refractivity contribution >= 4 is 5.91 Å². The van der Waals surface area contributed by atoms with Crippen LogP contribution in [0.25, 0.3) is 0 Å². The number of aliphatic hydroxyl groups is 1. The number of aliphatic hydroxyl groups excluding tert-OH is 1. The Morgan fingerprint density at radius 3 is 2.92 bits per heavy atom. The lowest BCUT2D eigenvalue weighted by molar-refractivity contribution is 0.0231. The van der Waals surface area contributed by atoms with Crippen LogP contribution in [-0.4, -0.2) is 34.4 Å². The molecule has 134 valence electrons. The molecule has 3 N–H and O–H groups in total. The number of amides is 1. The summed E-state index contributed by atoms with van der Waals surface area (Å²) in [7, 11) is 1.51. The second-order valence-electron chi connectivity index (χ2n) is 6.34. The first-order valence-electron chi connectivity index (χ1n) is 8.38. The Morgan fingerprint density at radius 2 is 2.28 bits per heavy atom. The molecule has 0 aliphatic heterocycles. The van der Waals surface area contributed by atoms with Crippen LogP contribution in [0.4, 0.5) is 4.39 Å². The van der Waals surface area contributed by atoms with Gasteiger partial charge >= 0.3 is 0 Å². The van der Waals surface area contributed by atoms with Crippen molar-refractivity contribution in [2.75, 3.05) is 7.11 Å². The molecule has 1 aliphatic rings. The second kappa shape index (κ2) is 7.23. The zero-order valence-electron chi connectivity index (χ0n) is 14.3. The van der Waals surface area contributed by atoms with Crippen LogP contribution in [0.15, 0.2) is 24.4 Å². The number of carbonyl (C=O) groups excluding carboxylic acids is 1. The first-order valence-corrected chi connectivity index (χ1v) is 8.38. The summed E-state index contributed by atoms with van der Waals surface area (Å²) in [6.45, 7) is 1.93. The highest BCUT2D eigenvalue weighted by Crippen LogP contribution is 2.41. The third kappa shape index (κ3) is 3.51. The normalized spacial score (nSPS) is 20.6. The third-order valence-electron chi connectivity index (χ3n) is 4.75. The smallest absolute Gasteiger partial charge is 0.255 e. The van der Waals surface area contributed by atoms with Gasteiger partial charge in [-0.05, 0) is 43.4 Å². The maximum atomic E-state index is 13.8. The van der Waals surface area contributed by atoms with E-state index in [0.717, 1.165) is 5.69 Å². The lowest BCUT2D eigenvalue weighted by atomic mass is 9.74. The first-order chi connectivity index (χ1) is 12.0. The molecule has 3 rings (SSSR count). The molecule has 25 heavy (non-hydrogen) atoms. The van der Waals surface area contributed by atoms with Crippen molar-refractivity contribution in [1.29, 1.82) is 0 Å². The van der Waals surface area contributed by atoms with Crippen molar-refractivity contribution in [3.05, 3.63) is 47.0 Å². The Morgan fingerprint density at radius 1 is 1.52 bits per heavy atom. The van der Waals surface area contributed by atoms with Gasteiger partial charge in [-0.3, -0.25) is 9.89 Å². The van der Waals surface area contributed by atoms with Crippen LogP contribution in [0.2, 0.25) is 0 Å². The lowest BCUT2D eigenvalue weighted by Crippen LogP contribution is -2.41. The second-order valence-corrected chi connectivity index (χ2v) is 6.34. The topological polar surface area (TPSA) is 87.2 Å². The minimum absolute atomic E-state index is 0.0200. The standard InChI is InChI=1S/C18H22FN3O3/c1-3-15-14(9-20-22-15)18(24)21-17(10-6-12(23)7-10)13-8-11(19)4-5-16(13)25-2/h4-5,8-10,12,17,23H,3,6-7H2,1-2H3,(H,20,22)(H,21,24)/t10?,12?,17-/m0/s1. The molecule has 1 heterocycles. The van der Waals surface area contributed by atoms with Crippen LogP contribution in [-0.2, 0) is 6.42 Å². The van der Waals surface area contributed by atoms with Crippen molar-refractivity contribution in [1.82, 2.24) is 15.5 Å². The Bertz CT molecular complexity index is 756. The zero-order valence-corrected chi connectivity index (χ0v) is 14.3. The fraction of sp³-hybridized carbons (Fsp3) is 0.444. The summed E-state index contributed by atoms with van der Waals surface area (Å²) in [5, 5.41) is 19.4. The van der Waals surface area contributed by atoms with Gasteiger partial charge in [0.15, 0.2) is 0 Å². The van der Waals surface area contributed by atoms with E-state index in [4.69, 9.17) is 4.74 Å². The Kier molecular flexibility index (Phi) is 5.03.